The van der Waals surface area contributed by atoms with Gasteiger partial charge in [0.25, 0.3) is 0 Å². The predicted octanol–water partition coefficient (Wildman–Crippen LogP) is 5.04. The van der Waals surface area contributed by atoms with E-state index < -0.39 is 17.8 Å². The van der Waals surface area contributed by atoms with Gasteiger partial charge in [0.05, 0.1) is 5.56 Å². The lowest BCUT2D eigenvalue weighted by Crippen LogP contribution is -2.33. The number of halogens is 3. The topological polar surface area (TPSA) is 41.1 Å². The first kappa shape index (κ1) is 18.3. The fourth-order valence-electron chi connectivity index (χ4n) is 2.13. The van der Waals surface area contributed by atoms with Gasteiger partial charge < -0.3 is 10.6 Å². The standard InChI is InChI=1S/C16H23F3N2O/c1-3-5-7-12(4-2)11-20-15(22)21-14-9-6-8-13(10-14)16(17,18)19/h6,8-10,12H,3-5,7,11H2,1-2H3,(H2,20,21,22)/t12-/m1/s1. The van der Waals surface area contributed by atoms with E-state index in [1.54, 1.807) is 0 Å². The maximum Gasteiger partial charge on any atom is 0.416 e. The Labute approximate surface area is 129 Å². The molecule has 0 fully saturated rings. The van der Waals surface area contributed by atoms with E-state index >= 15 is 0 Å². The van der Waals surface area contributed by atoms with Crippen LogP contribution in [-0.4, -0.2) is 12.6 Å². The summed E-state index contributed by atoms with van der Waals surface area (Å²) in [5.41, 5.74) is -0.645. The SMILES string of the molecule is CCCC[C@@H](CC)CNC(=O)Nc1cccc(C(F)(F)F)c1. The van der Waals surface area contributed by atoms with Gasteiger partial charge in [-0.15, -0.1) is 0 Å². The number of hydrogen-bond acceptors (Lipinski definition) is 1. The number of carbonyl (C=O) groups is 1. The summed E-state index contributed by atoms with van der Waals surface area (Å²) in [4.78, 5) is 11.8. The van der Waals surface area contributed by atoms with Crippen LogP contribution in [0, 0.1) is 5.92 Å². The fourth-order valence-corrected chi connectivity index (χ4v) is 2.13. The summed E-state index contributed by atoms with van der Waals surface area (Å²) in [6.45, 7) is 4.70. The molecule has 3 nitrogen and oxygen atoms in total. The van der Waals surface area contributed by atoms with Gasteiger partial charge in [-0.2, -0.15) is 13.2 Å². The number of unbranched alkanes of at least 4 members (excludes halogenated alkanes) is 1. The summed E-state index contributed by atoms with van der Waals surface area (Å²) in [6, 6.07) is 4.13. The van der Waals surface area contributed by atoms with Crippen LogP contribution in [0.4, 0.5) is 23.7 Å². The van der Waals surface area contributed by atoms with E-state index in [4.69, 9.17) is 0 Å². The number of urea groups is 1. The van der Waals surface area contributed by atoms with Crippen LogP contribution in [0.25, 0.3) is 0 Å². The molecule has 0 aliphatic carbocycles. The minimum atomic E-state index is -4.42. The lowest BCUT2D eigenvalue weighted by Gasteiger charge is -2.16. The largest absolute Gasteiger partial charge is 0.416 e. The number of anilines is 1. The van der Waals surface area contributed by atoms with Gasteiger partial charge in [-0.05, 0) is 30.5 Å². The van der Waals surface area contributed by atoms with Gasteiger partial charge in [-0.3, -0.25) is 0 Å². The number of benzene rings is 1. The van der Waals surface area contributed by atoms with Crippen molar-refractivity contribution in [3.8, 4) is 0 Å². The van der Waals surface area contributed by atoms with Crippen molar-refractivity contribution in [1.29, 1.82) is 0 Å². The molecule has 0 aliphatic heterocycles. The Morgan fingerprint density at radius 1 is 1.27 bits per heavy atom. The van der Waals surface area contributed by atoms with Gasteiger partial charge in [0.2, 0.25) is 0 Å². The Bertz CT molecular complexity index is 475. The smallest absolute Gasteiger partial charge is 0.338 e. The molecule has 0 radical (unpaired) electrons. The summed E-state index contributed by atoms with van der Waals surface area (Å²) in [6.07, 6.45) is -0.204. The van der Waals surface area contributed by atoms with Gasteiger partial charge in [0.15, 0.2) is 0 Å². The molecule has 124 valence electrons. The molecular formula is C16H23F3N2O. The van der Waals surface area contributed by atoms with E-state index in [-0.39, 0.29) is 5.69 Å². The Hall–Kier alpha value is -1.72. The normalized spacial score (nSPS) is 12.8. The Morgan fingerprint density at radius 3 is 2.59 bits per heavy atom. The summed E-state index contributed by atoms with van der Waals surface area (Å²) < 4.78 is 37.8. The molecule has 0 heterocycles. The summed E-state index contributed by atoms with van der Waals surface area (Å²) >= 11 is 0. The molecule has 1 aromatic rings. The lowest BCUT2D eigenvalue weighted by molar-refractivity contribution is -0.137. The molecule has 0 aromatic heterocycles. The van der Waals surface area contributed by atoms with E-state index in [1.807, 2.05) is 0 Å². The summed E-state index contributed by atoms with van der Waals surface area (Å²) in [5.74, 6) is 0.396. The average Bonchev–Trinajstić information content (AvgIpc) is 2.47. The number of carbonyl (C=O) groups excluding carboxylic acids is 1. The van der Waals surface area contributed by atoms with E-state index in [0.29, 0.717) is 12.5 Å². The first-order chi connectivity index (χ1) is 10.4. The zero-order valence-corrected chi connectivity index (χ0v) is 13.0. The van der Waals surface area contributed by atoms with E-state index in [9.17, 15) is 18.0 Å². The molecule has 0 bridgehead atoms. The van der Waals surface area contributed by atoms with Crippen LogP contribution in [0.1, 0.15) is 45.1 Å². The van der Waals surface area contributed by atoms with Crippen molar-refractivity contribution in [3.05, 3.63) is 29.8 Å². The van der Waals surface area contributed by atoms with Crippen molar-refractivity contribution < 1.29 is 18.0 Å². The third kappa shape index (κ3) is 6.37. The molecule has 6 heteroatoms. The van der Waals surface area contributed by atoms with Crippen molar-refractivity contribution in [2.75, 3.05) is 11.9 Å². The second kappa shape index (κ2) is 8.66. The van der Waals surface area contributed by atoms with Crippen LogP contribution in [0.5, 0.6) is 0 Å². The molecule has 22 heavy (non-hydrogen) atoms. The maximum atomic E-state index is 12.6. The molecule has 0 unspecified atom stereocenters. The monoisotopic (exact) mass is 316 g/mol. The maximum absolute atomic E-state index is 12.6. The van der Waals surface area contributed by atoms with Crippen LogP contribution in [0.15, 0.2) is 24.3 Å². The molecule has 0 spiro atoms. The molecule has 1 rings (SSSR count). The summed E-state index contributed by atoms with van der Waals surface area (Å²) in [5, 5.41) is 5.16. The Morgan fingerprint density at radius 2 is 2.00 bits per heavy atom. The average molecular weight is 316 g/mol. The minimum absolute atomic E-state index is 0.133. The van der Waals surface area contributed by atoms with Crippen molar-refractivity contribution in [1.82, 2.24) is 5.32 Å². The van der Waals surface area contributed by atoms with E-state index in [0.717, 1.165) is 37.8 Å². The molecule has 2 amide bonds. The highest BCUT2D eigenvalue weighted by Gasteiger charge is 2.30. The van der Waals surface area contributed by atoms with E-state index in [2.05, 4.69) is 24.5 Å². The van der Waals surface area contributed by atoms with Crippen molar-refractivity contribution in [2.45, 2.75) is 45.7 Å². The number of alkyl halides is 3. The van der Waals surface area contributed by atoms with Crippen LogP contribution >= 0.6 is 0 Å². The van der Waals surface area contributed by atoms with Gasteiger partial charge in [0, 0.05) is 12.2 Å². The minimum Gasteiger partial charge on any atom is -0.338 e. The Kier molecular flexibility index (Phi) is 7.21. The van der Waals surface area contributed by atoms with Crippen LogP contribution in [-0.2, 0) is 6.18 Å². The number of amides is 2. The second-order valence-electron chi connectivity index (χ2n) is 5.33. The summed E-state index contributed by atoms with van der Waals surface area (Å²) in [7, 11) is 0. The van der Waals surface area contributed by atoms with E-state index in [1.165, 1.54) is 12.1 Å². The third-order valence-electron chi connectivity index (χ3n) is 3.54. The predicted molar refractivity (Wildman–Crippen MR) is 81.8 cm³/mol. The van der Waals surface area contributed by atoms with Crippen LogP contribution < -0.4 is 10.6 Å². The van der Waals surface area contributed by atoms with Gasteiger partial charge >= 0.3 is 12.2 Å². The second-order valence-corrected chi connectivity index (χ2v) is 5.33. The molecule has 0 saturated carbocycles. The number of rotatable bonds is 7. The van der Waals surface area contributed by atoms with Crippen LogP contribution in [0.2, 0.25) is 0 Å². The lowest BCUT2D eigenvalue weighted by atomic mass is 9.99. The first-order valence-corrected chi connectivity index (χ1v) is 7.58. The van der Waals surface area contributed by atoms with Gasteiger partial charge in [-0.1, -0.05) is 39.2 Å². The number of hydrogen-bond donors (Lipinski definition) is 2. The molecule has 0 saturated heterocycles. The zero-order valence-electron chi connectivity index (χ0n) is 13.0. The van der Waals surface area contributed by atoms with Crippen molar-refractivity contribution >= 4 is 11.7 Å². The molecule has 2 N–H and O–H groups in total. The van der Waals surface area contributed by atoms with Gasteiger partial charge in [-0.25, -0.2) is 4.79 Å². The highest BCUT2D eigenvalue weighted by Crippen LogP contribution is 2.30. The fraction of sp³-hybridized carbons (Fsp3) is 0.562. The molecular weight excluding hydrogens is 293 g/mol. The molecule has 1 aromatic carbocycles. The van der Waals surface area contributed by atoms with Gasteiger partial charge in [0.1, 0.15) is 0 Å². The molecule has 0 aliphatic rings. The molecule has 1 atom stereocenters. The highest BCUT2D eigenvalue weighted by atomic mass is 19.4. The third-order valence-corrected chi connectivity index (χ3v) is 3.54. The van der Waals surface area contributed by atoms with Crippen LogP contribution in [0.3, 0.4) is 0 Å². The van der Waals surface area contributed by atoms with Crippen molar-refractivity contribution in [2.24, 2.45) is 5.92 Å². The quantitative estimate of drug-likeness (QED) is 0.726. The number of nitrogens with one attached hydrogen (secondary N) is 2. The Balaban J connectivity index is 2.51. The zero-order chi connectivity index (χ0) is 16.6. The first-order valence-electron chi connectivity index (χ1n) is 7.58. The highest BCUT2D eigenvalue weighted by molar-refractivity contribution is 5.89. The van der Waals surface area contributed by atoms with Crippen molar-refractivity contribution in [3.63, 3.8) is 0 Å².